The van der Waals surface area contributed by atoms with Gasteiger partial charge in [-0.25, -0.2) is 4.68 Å². The molecular weight excluding hydrogens is 376 g/mol. The highest BCUT2D eigenvalue weighted by molar-refractivity contribution is 6.04. The quantitative estimate of drug-likeness (QED) is 0.461. The molecule has 0 aliphatic rings. The first-order valence-electron chi connectivity index (χ1n) is 8.76. The summed E-state index contributed by atoms with van der Waals surface area (Å²) in [5, 5.41) is 18.0. The molecule has 1 amide bonds. The summed E-state index contributed by atoms with van der Waals surface area (Å²) < 4.78 is 12.1. The molecule has 1 N–H and O–H groups in total. The number of methoxy groups -OCH3 is 1. The Morgan fingerprint density at radius 2 is 2.10 bits per heavy atom. The van der Waals surface area contributed by atoms with Crippen LogP contribution in [0.2, 0.25) is 0 Å². The number of nitrogens with zero attached hydrogens (tertiary/aromatic N) is 3. The molecule has 0 atom stereocenters. The molecule has 1 heterocycles. The second kappa shape index (κ2) is 8.98. The van der Waals surface area contributed by atoms with E-state index in [1.807, 2.05) is 0 Å². The topological polar surface area (TPSA) is 109 Å². The number of nitro benzene ring substituents is 1. The van der Waals surface area contributed by atoms with Crippen LogP contribution in [0.4, 0.5) is 11.4 Å². The minimum absolute atomic E-state index is 0.0908. The summed E-state index contributed by atoms with van der Waals surface area (Å²) in [7, 11) is 1.55. The van der Waals surface area contributed by atoms with E-state index in [0.29, 0.717) is 16.8 Å². The molecule has 0 saturated carbocycles. The van der Waals surface area contributed by atoms with Gasteiger partial charge >= 0.3 is 5.69 Å². The maximum absolute atomic E-state index is 12.5. The number of amides is 1. The van der Waals surface area contributed by atoms with Crippen molar-refractivity contribution in [2.75, 3.05) is 12.4 Å². The lowest BCUT2D eigenvalue weighted by atomic mass is 10.1. The van der Waals surface area contributed by atoms with Crippen LogP contribution in [0.15, 0.2) is 54.9 Å². The highest BCUT2D eigenvalue weighted by Crippen LogP contribution is 2.28. The number of hydrogen-bond donors (Lipinski definition) is 1. The number of hydrogen-bond acceptors (Lipinski definition) is 6. The van der Waals surface area contributed by atoms with E-state index in [1.165, 1.54) is 12.3 Å². The molecule has 0 saturated heterocycles. The van der Waals surface area contributed by atoms with Crippen LogP contribution in [0.3, 0.4) is 0 Å². The number of carbonyl (C=O) groups is 1. The predicted octanol–water partition coefficient (Wildman–Crippen LogP) is 3.53. The van der Waals surface area contributed by atoms with Gasteiger partial charge in [-0.15, -0.1) is 0 Å². The highest BCUT2D eigenvalue weighted by atomic mass is 16.6. The summed E-state index contributed by atoms with van der Waals surface area (Å²) in [6.45, 7) is 2.16. The molecule has 0 unspecified atom stereocenters. The Hall–Kier alpha value is -3.72. The van der Waals surface area contributed by atoms with Gasteiger partial charge in [0.25, 0.3) is 5.91 Å². The Bertz CT molecular complexity index is 1030. The van der Waals surface area contributed by atoms with Gasteiger partial charge < -0.3 is 14.8 Å². The van der Waals surface area contributed by atoms with Gasteiger partial charge in [-0.1, -0.05) is 18.2 Å². The Morgan fingerprint density at radius 3 is 2.86 bits per heavy atom. The van der Waals surface area contributed by atoms with Gasteiger partial charge in [-0.3, -0.25) is 14.9 Å². The molecule has 150 valence electrons. The van der Waals surface area contributed by atoms with Gasteiger partial charge in [-0.2, -0.15) is 5.10 Å². The molecule has 9 nitrogen and oxygen atoms in total. The van der Waals surface area contributed by atoms with Crippen LogP contribution in [0.5, 0.6) is 5.75 Å². The summed E-state index contributed by atoms with van der Waals surface area (Å²) >= 11 is 0. The van der Waals surface area contributed by atoms with Gasteiger partial charge in [0.1, 0.15) is 13.3 Å². The lowest BCUT2D eigenvalue weighted by Gasteiger charge is -2.09. The second-order valence-corrected chi connectivity index (χ2v) is 6.36. The maximum Gasteiger partial charge on any atom is 0.311 e. The van der Waals surface area contributed by atoms with E-state index in [1.54, 1.807) is 61.3 Å². The molecule has 1 aromatic heterocycles. The number of anilines is 1. The van der Waals surface area contributed by atoms with Crippen molar-refractivity contribution in [3.05, 3.63) is 81.7 Å². The van der Waals surface area contributed by atoms with E-state index < -0.39 is 4.92 Å². The van der Waals surface area contributed by atoms with Gasteiger partial charge in [0.15, 0.2) is 5.75 Å². The predicted molar refractivity (Wildman–Crippen MR) is 106 cm³/mol. The first kappa shape index (κ1) is 20.0. The number of carbonyl (C=O) groups excluding carboxylic acids is 1. The molecule has 0 fully saturated rings. The molecule has 29 heavy (non-hydrogen) atoms. The zero-order chi connectivity index (χ0) is 20.8. The second-order valence-electron chi connectivity index (χ2n) is 6.36. The lowest BCUT2D eigenvalue weighted by molar-refractivity contribution is -0.386. The van der Waals surface area contributed by atoms with Gasteiger partial charge in [-0.05, 0) is 36.2 Å². The zero-order valence-corrected chi connectivity index (χ0v) is 16.0. The van der Waals surface area contributed by atoms with Gasteiger partial charge in [0.2, 0.25) is 0 Å². The van der Waals surface area contributed by atoms with E-state index in [0.717, 1.165) is 5.56 Å². The molecule has 0 aliphatic heterocycles. The Balaban J connectivity index is 1.68. The minimum Gasteiger partial charge on any atom is -0.482 e. The van der Waals surface area contributed by atoms with Crippen molar-refractivity contribution < 1.29 is 19.2 Å². The molecule has 0 aliphatic carbocycles. The number of nitro groups is 1. The molecule has 3 rings (SSSR count). The monoisotopic (exact) mass is 396 g/mol. The SMILES string of the molecule is COCn1cc(NC(=O)c2cccc(COc3ccc(C)cc3[N+](=O)[O-])c2)cn1. The van der Waals surface area contributed by atoms with E-state index in [-0.39, 0.29) is 30.7 Å². The molecule has 0 bridgehead atoms. The first-order valence-corrected chi connectivity index (χ1v) is 8.76. The van der Waals surface area contributed by atoms with E-state index in [9.17, 15) is 14.9 Å². The third-order valence-electron chi connectivity index (χ3n) is 4.05. The smallest absolute Gasteiger partial charge is 0.311 e. The lowest BCUT2D eigenvalue weighted by Crippen LogP contribution is -2.12. The van der Waals surface area contributed by atoms with Crippen molar-refractivity contribution in [3.8, 4) is 5.75 Å². The number of rotatable bonds is 8. The van der Waals surface area contributed by atoms with Crippen LogP contribution in [0.1, 0.15) is 21.5 Å². The Morgan fingerprint density at radius 1 is 1.28 bits per heavy atom. The minimum atomic E-state index is -0.476. The number of aromatic nitrogens is 2. The normalized spacial score (nSPS) is 10.6. The fourth-order valence-corrected chi connectivity index (χ4v) is 2.69. The highest BCUT2D eigenvalue weighted by Gasteiger charge is 2.15. The zero-order valence-electron chi connectivity index (χ0n) is 16.0. The summed E-state index contributed by atoms with van der Waals surface area (Å²) in [6, 6.07) is 11.6. The van der Waals surface area contributed by atoms with E-state index in [2.05, 4.69) is 10.4 Å². The van der Waals surface area contributed by atoms with E-state index >= 15 is 0 Å². The molecule has 3 aromatic rings. The first-order chi connectivity index (χ1) is 14.0. The van der Waals surface area contributed by atoms with Gasteiger partial charge in [0, 0.05) is 18.7 Å². The third-order valence-corrected chi connectivity index (χ3v) is 4.05. The van der Waals surface area contributed by atoms with Gasteiger partial charge in [0.05, 0.1) is 23.0 Å². The van der Waals surface area contributed by atoms with Crippen LogP contribution in [-0.2, 0) is 18.1 Å². The van der Waals surface area contributed by atoms with Crippen LogP contribution in [0.25, 0.3) is 0 Å². The fourth-order valence-electron chi connectivity index (χ4n) is 2.69. The van der Waals surface area contributed by atoms with Crippen LogP contribution in [0, 0.1) is 17.0 Å². The van der Waals surface area contributed by atoms with Crippen molar-refractivity contribution >= 4 is 17.3 Å². The summed E-state index contributed by atoms with van der Waals surface area (Å²) in [6.07, 6.45) is 3.19. The molecule has 0 spiro atoms. The van der Waals surface area contributed by atoms with Crippen LogP contribution < -0.4 is 10.1 Å². The van der Waals surface area contributed by atoms with Crippen molar-refractivity contribution in [2.24, 2.45) is 0 Å². The fraction of sp³-hybridized carbons (Fsp3) is 0.200. The summed E-state index contributed by atoms with van der Waals surface area (Å²) in [5.41, 5.74) is 2.37. The van der Waals surface area contributed by atoms with E-state index in [4.69, 9.17) is 9.47 Å². The van der Waals surface area contributed by atoms with Crippen molar-refractivity contribution in [1.82, 2.24) is 9.78 Å². The molecule has 9 heteroatoms. The van der Waals surface area contributed by atoms with Crippen molar-refractivity contribution in [1.29, 1.82) is 0 Å². The van der Waals surface area contributed by atoms with Crippen molar-refractivity contribution in [3.63, 3.8) is 0 Å². The average molecular weight is 396 g/mol. The number of aryl methyl sites for hydroxylation is 1. The Labute approximate surface area is 167 Å². The van der Waals surface area contributed by atoms with Crippen molar-refractivity contribution in [2.45, 2.75) is 20.3 Å². The molecule has 2 aromatic carbocycles. The maximum atomic E-state index is 12.5. The number of nitrogens with one attached hydrogen (secondary N) is 1. The number of ether oxygens (including phenoxy) is 2. The van der Waals surface area contributed by atoms with Crippen LogP contribution in [-0.4, -0.2) is 27.7 Å². The molecular formula is C20H20N4O5. The molecule has 0 radical (unpaired) electrons. The summed E-state index contributed by atoms with van der Waals surface area (Å²) in [4.78, 5) is 23.2. The van der Waals surface area contributed by atoms with Crippen LogP contribution >= 0.6 is 0 Å². The standard InChI is InChI=1S/C20H20N4O5/c1-14-6-7-19(18(8-14)24(26)27)29-12-15-4-3-5-16(9-15)20(25)22-17-10-21-23(11-17)13-28-2/h3-11H,12-13H2,1-2H3,(H,22,25). The average Bonchev–Trinajstić information content (AvgIpc) is 3.14. The Kier molecular flexibility index (Phi) is 6.20. The third kappa shape index (κ3) is 5.17. The number of benzene rings is 2. The summed E-state index contributed by atoms with van der Waals surface area (Å²) in [5.74, 6) is -0.119. The largest absolute Gasteiger partial charge is 0.482 e.